The van der Waals surface area contributed by atoms with Gasteiger partial charge in [0.2, 0.25) is 0 Å². The molecule has 0 spiro atoms. The number of carbonyl (C=O) groups is 1. The maximum atomic E-state index is 12.2. The molecular formula is C10H8F3NO2S. The maximum Gasteiger partial charge on any atom is 0.417 e. The Labute approximate surface area is 99.7 Å². The summed E-state index contributed by atoms with van der Waals surface area (Å²) in [7, 11) is 1.23. The third-order valence-corrected chi connectivity index (χ3v) is 2.41. The van der Waals surface area contributed by atoms with Gasteiger partial charge in [-0.3, -0.25) is 0 Å². The Balaban J connectivity index is 2.63. The lowest BCUT2D eigenvalue weighted by molar-refractivity contribution is -0.138. The first-order valence-corrected chi connectivity index (χ1v) is 5.26. The maximum absolute atomic E-state index is 12.2. The molecule has 1 rings (SSSR count). The molecule has 0 bridgehead atoms. The van der Waals surface area contributed by atoms with Gasteiger partial charge < -0.3 is 4.74 Å². The molecule has 0 aliphatic rings. The van der Waals surface area contributed by atoms with E-state index in [1.54, 1.807) is 0 Å². The molecular weight excluding hydrogens is 255 g/mol. The second-order valence-electron chi connectivity index (χ2n) is 2.83. The number of carbonyl (C=O) groups excluding carboxylic acids is 1. The highest BCUT2D eigenvalue weighted by atomic mass is 32.2. The van der Waals surface area contributed by atoms with E-state index in [1.807, 2.05) is 0 Å². The molecule has 1 aromatic heterocycles. The number of halogens is 3. The fraction of sp³-hybridized carbons (Fsp3) is 0.200. The van der Waals surface area contributed by atoms with Crippen molar-refractivity contribution in [1.29, 1.82) is 0 Å². The summed E-state index contributed by atoms with van der Waals surface area (Å²) in [4.78, 5) is 14.3. The Morgan fingerprint density at radius 2 is 2.18 bits per heavy atom. The van der Waals surface area contributed by atoms with Crippen LogP contribution in [-0.4, -0.2) is 18.1 Å². The van der Waals surface area contributed by atoms with Crippen LogP contribution in [-0.2, 0) is 15.7 Å². The van der Waals surface area contributed by atoms with E-state index in [9.17, 15) is 18.0 Å². The largest absolute Gasteiger partial charge is 0.466 e. The molecule has 0 unspecified atom stereocenters. The van der Waals surface area contributed by atoms with Gasteiger partial charge in [-0.25, -0.2) is 9.78 Å². The molecule has 0 atom stereocenters. The minimum Gasteiger partial charge on any atom is -0.466 e. The minimum atomic E-state index is -4.39. The minimum absolute atomic E-state index is 0.359. The normalized spacial score (nSPS) is 11.8. The van der Waals surface area contributed by atoms with Gasteiger partial charge in [0, 0.05) is 12.3 Å². The molecule has 0 saturated carbocycles. The molecule has 0 aliphatic carbocycles. The van der Waals surface area contributed by atoms with Crippen molar-refractivity contribution in [1.82, 2.24) is 4.98 Å². The van der Waals surface area contributed by atoms with E-state index >= 15 is 0 Å². The van der Waals surface area contributed by atoms with Crippen LogP contribution in [0.5, 0.6) is 0 Å². The van der Waals surface area contributed by atoms with Gasteiger partial charge in [-0.1, -0.05) is 11.8 Å². The Hall–Kier alpha value is -1.50. The first-order valence-electron chi connectivity index (χ1n) is 4.38. The van der Waals surface area contributed by atoms with Gasteiger partial charge in [0.15, 0.2) is 0 Å². The molecule has 92 valence electrons. The zero-order valence-electron chi connectivity index (χ0n) is 8.69. The Kier molecular flexibility index (Phi) is 4.56. The van der Waals surface area contributed by atoms with Gasteiger partial charge in [0.25, 0.3) is 0 Å². The highest BCUT2D eigenvalue weighted by molar-refractivity contribution is 8.02. The van der Waals surface area contributed by atoms with E-state index in [-0.39, 0.29) is 0 Å². The van der Waals surface area contributed by atoms with Crippen LogP contribution in [0.15, 0.2) is 34.8 Å². The van der Waals surface area contributed by atoms with Crippen LogP contribution < -0.4 is 0 Å². The van der Waals surface area contributed by atoms with Crippen molar-refractivity contribution in [2.45, 2.75) is 11.2 Å². The Bertz CT molecular complexity index is 415. The average molecular weight is 263 g/mol. The van der Waals surface area contributed by atoms with Gasteiger partial charge in [-0.15, -0.1) is 0 Å². The van der Waals surface area contributed by atoms with E-state index < -0.39 is 17.7 Å². The molecule has 7 heteroatoms. The number of methoxy groups -OCH3 is 1. The average Bonchev–Trinajstić information content (AvgIpc) is 2.28. The summed E-state index contributed by atoms with van der Waals surface area (Å²) in [6.07, 6.45) is -2.49. The Morgan fingerprint density at radius 1 is 1.47 bits per heavy atom. The number of hydrogen-bond donors (Lipinski definition) is 0. The molecule has 0 amide bonds. The lowest BCUT2D eigenvalue weighted by Crippen LogP contribution is -2.04. The van der Waals surface area contributed by atoms with Gasteiger partial charge in [-0.05, 0) is 17.5 Å². The van der Waals surface area contributed by atoms with Crippen LogP contribution >= 0.6 is 11.8 Å². The second kappa shape index (κ2) is 5.72. The van der Waals surface area contributed by atoms with Gasteiger partial charge >= 0.3 is 12.1 Å². The monoisotopic (exact) mass is 263 g/mol. The van der Waals surface area contributed by atoms with Crippen molar-refractivity contribution >= 4 is 17.7 Å². The van der Waals surface area contributed by atoms with Crippen molar-refractivity contribution in [2.24, 2.45) is 0 Å². The highest BCUT2D eigenvalue weighted by Crippen LogP contribution is 2.29. The van der Waals surface area contributed by atoms with E-state index in [2.05, 4.69) is 9.72 Å². The first kappa shape index (κ1) is 13.6. The standard InChI is InChI=1S/C10H8F3NO2S/c1-16-9(15)4-5-17-8-3-2-7(6-14-8)10(11,12)13/h2-6H,1H3. The number of esters is 1. The predicted molar refractivity (Wildman–Crippen MR) is 56.3 cm³/mol. The topological polar surface area (TPSA) is 39.2 Å². The quantitative estimate of drug-likeness (QED) is 0.477. The van der Waals surface area contributed by atoms with Gasteiger partial charge in [0.05, 0.1) is 12.7 Å². The number of pyridine rings is 1. The lowest BCUT2D eigenvalue weighted by atomic mass is 10.3. The summed E-state index contributed by atoms with van der Waals surface area (Å²) in [5.41, 5.74) is -0.807. The third-order valence-electron chi connectivity index (χ3n) is 1.66. The van der Waals surface area contributed by atoms with Crippen LogP contribution in [0.25, 0.3) is 0 Å². The molecule has 0 N–H and O–H groups in total. The van der Waals surface area contributed by atoms with Crippen molar-refractivity contribution < 1.29 is 22.7 Å². The number of ether oxygens (including phenoxy) is 1. The van der Waals surface area contributed by atoms with E-state index in [4.69, 9.17) is 0 Å². The SMILES string of the molecule is COC(=O)C=CSc1ccc(C(F)(F)F)cn1. The molecule has 0 saturated heterocycles. The first-order chi connectivity index (χ1) is 7.93. The van der Waals surface area contributed by atoms with E-state index in [0.717, 1.165) is 30.1 Å². The van der Waals surface area contributed by atoms with Crippen molar-refractivity contribution in [3.63, 3.8) is 0 Å². The van der Waals surface area contributed by atoms with E-state index in [1.165, 1.54) is 18.6 Å². The zero-order chi connectivity index (χ0) is 12.9. The number of alkyl halides is 3. The second-order valence-corrected chi connectivity index (χ2v) is 3.75. The summed E-state index contributed by atoms with van der Waals surface area (Å²) >= 11 is 1.02. The highest BCUT2D eigenvalue weighted by Gasteiger charge is 2.30. The number of thioether (sulfide) groups is 1. The number of nitrogens with zero attached hydrogens (tertiary/aromatic N) is 1. The molecule has 17 heavy (non-hydrogen) atoms. The van der Waals surface area contributed by atoms with Gasteiger partial charge in [0.1, 0.15) is 5.03 Å². The smallest absolute Gasteiger partial charge is 0.417 e. The fourth-order valence-electron chi connectivity index (χ4n) is 0.845. The summed E-state index contributed by atoms with van der Waals surface area (Å²) in [6.45, 7) is 0. The van der Waals surface area contributed by atoms with Crippen LogP contribution in [0.4, 0.5) is 13.2 Å². The zero-order valence-corrected chi connectivity index (χ0v) is 9.51. The van der Waals surface area contributed by atoms with E-state index in [0.29, 0.717) is 5.03 Å². The molecule has 1 heterocycles. The molecule has 1 aromatic rings. The number of aromatic nitrogens is 1. The summed E-state index contributed by atoms with van der Waals surface area (Å²) in [5, 5.41) is 1.75. The summed E-state index contributed by atoms with van der Waals surface area (Å²) in [5.74, 6) is -0.538. The number of rotatable bonds is 3. The van der Waals surface area contributed by atoms with Crippen LogP contribution in [0.3, 0.4) is 0 Å². The van der Waals surface area contributed by atoms with Crippen molar-refractivity contribution in [3.8, 4) is 0 Å². The van der Waals surface area contributed by atoms with Crippen LogP contribution in [0.1, 0.15) is 5.56 Å². The molecule has 0 radical (unpaired) electrons. The van der Waals surface area contributed by atoms with Crippen molar-refractivity contribution in [3.05, 3.63) is 35.4 Å². The Morgan fingerprint density at radius 3 is 2.65 bits per heavy atom. The molecule has 0 aliphatic heterocycles. The van der Waals surface area contributed by atoms with Crippen LogP contribution in [0.2, 0.25) is 0 Å². The van der Waals surface area contributed by atoms with Crippen LogP contribution in [0, 0.1) is 0 Å². The lowest BCUT2D eigenvalue weighted by Gasteiger charge is -2.05. The fourth-order valence-corrected chi connectivity index (χ4v) is 1.42. The molecule has 0 fully saturated rings. The molecule has 0 aromatic carbocycles. The summed E-state index contributed by atoms with van der Waals surface area (Å²) < 4.78 is 40.9. The third kappa shape index (κ3) is 4.48. The molecule has 3 nitrogen and oxygen atoms in total. The number of hydrogen-bond acceptors (Lipinski definition) is 4. The predicted octanol–water partition coefficient (Wildman–Crippen LogP) is 2.88. The summed E-state index contributed by atoms with van der Waals surface area (Å²) in [6, 6.07) is 2.16. The van der Waals surface area contributed by atoms with Gasteiger partial charge in [-0.2, -0.15) is 13.2 Å². The van der Waals surface area contributed by atoms with Crippen molar-refractivity contribution in [2.75, 3.05) is 7.11 Å².